The first-order chi connectivity index (χ1) is 6.91. The lowest BCUT2D eigenvalue weighted by atomic mass is 10.0. The molecule has 2 amide bonds. The zero-order chi connectivity index (χ0) is 11.6. The number of carbonyl (C=O) groups excluding carboxylic acids is 3. The van der Waals surface area contributed by atoms with Crippen LogP contribution in [0.5, 0.6) is 0 Å². The molecule has 0 aromatic carbocycles. The number of carbonyl (C=O) groups is 3. The summed E-state index contributed by atoms with van der Waals surface area (Å²) in [7, 11) is 0. The van der Waals surface area contributed by atoms with Gasteiger partial charge in [0.15, 0.2) is 0 Å². The molecule has 1 N–H and O–H groups in total. The zero-order valence-corrected chi connectivity index (χ0v) is 9.24. The molecule has 0 aromatic rings. The van der Waals surface area contributed by atoms with E-state index in [9.17, 15) is 14.4 Å². The van der Waals surface area contributed by atoms with Gasteiger partial charge in [-0.05, 0) is 12.8 Å². The van der Waals surface area contributed by atoms with Crippen LogP contribution in [0.25, 0.3) is 0 Å². The molecule has 1 aliphatic heterocycles. The van der Waals surface area contributed by atoms with Crippen LogP contribution in [0.4, 0.5) is 0 Å². The Kier molecular flexibility index (Phi) is 3.44. The molecule has 15 heavy (non-hydrogen) atoms. The third kappa shape index (κ3) is 2.78. The van der Waals surface area contributed by atoms with Crippen molar-refractivity contribution in [1.82, 2.24) is 10.2 Å². The Bertz CT molecular complexity index is 299. The van der Waals surface area contributed by atoms with Gasteiger partial charge < -0.3 is 10.2 Å². The van der Waals surface area contributed by atoms with Gasteiger partial charge in [-0.1, -0.05) is 13.8 Å². The Hall–Kier alpha value is -1.39. The van der Waals surface area contributed by atoms with Crippen LogP contribution in [0.2, 0.25) is 0 Å². The van der Waals surface area contributed by atoms with E-state index in [2.05, 4.69) is 5.32 Å². The Labute approximate surface area is 88.8 Å². The third-order valence-electron chi connectivity index (χ3n) is 2.43. The van der Waals surface area contributed by atoms with Crippen LogP contribution in [-0.4, -0.2) is 41.6 Å². The highest BCUT2D eigenvalue weighted by Gasteiger charge is 2.33. The second-order valence-corrected chi connectivity index (χ2v) is 4.21. The highest BCUT2D eigenvalue weighted by molar-refractivity contribution is 6.35. The summed E-state index contributed by atoms with van der Waals surface area (Å²) in [5.41, 5.74) is 0. The number of rotatable bonds is 3. The highest BCUT2D eigenvalue weighted by atomic mass is 16.2. The minimum absolute atomic E-state index is 0.0233. The van der Waals surface area contributed by atoms with Gasteiger partial charge in [0.05, 0.1) is 6.54 Å². The third-order valence-corrected chi connectivity index (χ3v) is 2.43. The fourth-order valence-corrected chi connectivity index (χ4v) is 1.52. The van der Waals surface area contributed by atoms with E-state index in [-0.39, 0.29) is 24.3 Å². The Morgan fingerprint density at radius 1 is 1.53 bits per heavy atom. The van der Waals surface area contributed by atoms with E-state index in [0.717, 1.165) is 0 Å². The van der Waals surface area contributed by atoms with Crippen LogP contribution in [0, 0.1) is 5.92 Å². The second-order valence-electron chi connectivity index (χ2n) is 4.21. The summed E-state index contributed by atoms with van der Waals surface area (Å²) in [6, 6.07) is -0.0606. The first kappa shape index (κ1) is 11.7. The van der Waals surface area contributed by atoms with Gasteiger partial charge in [0.2, 0.25) is 0 Å². The van der Waals surface area contributed by atoms with Crippen LogP contribution in [-0.2, 0) is 14.4 Å². The second kappa shape index (κ2) is 4.42. The van der Waals surface area contributed by atoms with Gasteiger partial charge in [0.25, 0.3) is 0 Å². The fourth-order valence-electron chi connectivity index (χ4n) is 1.52. The number of hydrogen-bond donors (Lipinski definition) is 1. The quantitative estimate of drug-likeness (QED) is 0.645. The maximum Gasteiger partial charge on any atom is 0.312 e. The lowest BCUT2D eigenvalue weighted by molar-refractivity contribution is -0.150. The summed E-state index contributed by atoms with van der Waals surface area (Å²) in [4.78, 5) is 34.9. The van der Waals surface area contributed by atoms with E-state index >= 15 is 0 Å². The molecule has 0 aromatic heterocycles. The molecule has 1 fully saturated rings. The number of ketones is 1. The van der Waals surface area contributed by atoms with Gasteiger partial charge >= 0.3 is 11.8 Å². The molecule has 0 aliphatic carbocycles. The number of amides is 2. The van der Waals surface area contributed by atoms with Crippen molar-refractivity contribution in [3.05, 3.63) is 0 Å². The van der Waals surface area contributed by atoms with E-state index in [1.807, 2.05) is 13.8 Å². The molecule has 1 rings (SSSR count). The summed E-state index contributed by atoms with van der Waals surface area (Å²) >= 11 is 0. The lowest BCUT2D eigenvalue weighted by Gasteiger charge is -2.34. The van der Waals surface area contributed by atoms with Crippen molar-refractivity contribution in [2.24, 2.45) is 5.92 Å². The summed E-state index contributed by atoms with van der Waals surface area (Å²) in [5.74, 6) is -1.08. The summed E-state index contributed by atoms with van der Waals surface area (Å²) in [6.07, 6.45) is 0. The van der Waals surface area contributed by atoms with Crippen molar-refractivity contribution in [2.75, 3.05) is 13.1 Å². The van der Waals surface area contributed by atoms with Crippen molar-refractivity contribution in [2.45, 2.75) is 26.8 Å². The molecule has 0 saturated carbocycles. The van der Waals surface area contributed by atoms with E-state index in [4.69, 9.17) is 0 Å². The Morgan fingerprint density at radius 3 is 2.60 bits per heavy atom. The zero-order valence-electron chi connectivity index (χ0n) is 9.24. The predicted molar refractivity (Wildman–Crippen MR) is 54.0 cm³/mol. The molecule has 1 atom stereocenters. The monoisotopic (exact) mass is 212 g/mol. The molecule has 1 heterocycles. The number of piperazine rings is 1. The lowest BCUT2D eigenvalue weighted by Crippen LogP contribution is -2.59. The first-order valence-electron chi connectivity index (χ1n) is 5.01. The van der Waals surface area contributed by atoms with Crippen LogP contribution in [0.15, 0.2) is 0 Å². The SMILES string of the molecule is CC(=O)CN1CC(C(C)C)NC(=O)C1=O. The van der Waals surface area contributed by atoms with Crippen molar-refractivity contribution in [1.29, 1.82) is 0 Å². The molecule has 0 bridgehead atoms. The molecule has 0 spiro atoms. The van der Waals surface area contributed by atoms with Crippen LogP contribution in [0.1, 0.15) is 20.8 Å². The van der Waals surface area contributed by atoms with E-state index in [1.54, 1.807) is 0 Å². The fraction of sp³-hybridized carbons (Fsp3) is 0.700. The molecule has 1 aliphatic rings. The Morgan fingerprint density at radius 2 is 2.13 bits per heavy atom. The summed E-state index contributed by atoms with van der Waals surface area (Å²) in [6.45, 7) is 5.78. The van der Waals surface area contributed by atoms with Gasteiger partial charge in [-0.25, -0.2) is 0 Å². The Balaban J connectivity index is 2.72. The van der Waals surface area contributed by atoms with E-state index < -0.39 is 11.8 Å². The molecule has 5 nitrogen and oxygen atoms in total. The number of Topliss-reactive ketones (excluding diaryl/α,β-unsaturated/α-hetero) is 1. The highest BCUT2D eigenvalue weighted by Crippen LogP contribution is 2.09. The first-order valence-corrected chi connectivity index (χ1v) is 5.01. The van der Waals surface area contributed by atoms with E-state index in [0.29, 0.717) is 6.54 Å². The molecule has 1 unspecified atom stereocenters. The standard InChI is InChI=1S/C10H16N2O3/c1-6(2)8-5-12(4-7(3)13)10(15)9(14)11-8/h6,8H,4-5H2,1-3H3,(H,11,14). The van der Waals surface area contributed by atoms with Crippen molar-refractivity contribution < 1.29 is 14.4 Å². The topological polar surface area (TPSA) is 66.5 Å². The van der Waals surface area contributed by atoms with E-state index in [1.165, 1.54) is 11.8 Å². The molecular formula is C10H16N2O3. The number of nitrogens with one attached hydrogen (secondary N) is 1. The number of nitrogens with zero attached hydrogens (tertiary/aromatic N) is 1. The maximum absolute atomic E-state index is 11.4. The van der Waals surface area contributed by atoms with Gasteiger partial charge in [0, 0.05) is 12.6 Å². The van der Waals surface area contributed by atoms with Gasteiger partial charge in [-0.3, -0.25) is 14.4 Å². The minimum Gasteiger partial charge on any atom is -0.343 e. The van der Waals surface area contributed by atoms with Crippen LogP contribution < -0.4 is 5.32 Å². The van der Waals surface area contributed by atoms with Gasteiger partial charge in [-0.15, -0.1) is 0 Å². The maximum atomic E-state index is 11.4. The van der Waals surface area contributed by atoms with Gasteiger partial charge in [-0.2, -0.15) is 0 Å². The minimum atomic E-state index is -0.610. The average molecular weight is 212 g/mol. The summed E-state index contributed by atoms with van der Waals surface area (Å²) < 4.78 is 0. The number of hydrogen-bond acceptors (Lipinski definition) is 3. The molecule has 1 saturated heterocycles. The molecule has 5 heteroatoms. The average Bonchev–Trinajstić information content (AvgIpc) is 2.11. The van der Waals surface area contributed by atoms with Crippen molar-refractivity contribution in [3.63, 3.8) is 0 Å². The van der Waals surface area contributed by atoms with Crippen LogP contribution >= 0.6 is 0 Å². The van der Waals surface area contributed by atoms with Crippen molar-refractivity contribution in [3.8, 4) is 0 Å². The molecule has 84 valence electrons. The largest absolute Gasteiger partial charge is 0.343 e. The van der Waals surface area contributed by atoms with Gasteiger partial charge in [0.1, 0.15) is 5.78 Å². The molecule has 0 radical (unpaired) electrons. The predicted octanol–water partition coefficient (Wildman–Crippen LogP) is -0.442. The smallest absolute Gasteiger partial charge is 0.312 e. The molecular weight excluding hydrogens is 196 g/mol. The van der Waals surface area contributed by atoms with Crippen LogP contribution in [0.3, 0.4) is 0 Å². The van der Waals surface area contributed by atoms with Crippen molar-refractivity contribution >= 4 is 17.6 Å². The normalized spacial score (nSPS) is 21.9. The summed E-state index contributed by atoms with van der Waals surface area (Å²) in [5, 5.41) is 2.63.